The van der Waals surface area contributed by atoms with Crippen molar-refractivity contribution in [3.8, 4) is 6.07 Å². The predicted molar refractivity (Wildman–Crippen MR) is 132 cm³/mol. The van der Waals surface area contributed by atoms with E-state index in [0.717, 1.165) is 57.0 Å². The maximum atomic E-state index is 9.45. The second-order valence-corrected chi connectivity index (χ2v) is 10.1. The zero-order valence-corrected chi connectivity index (χ0v) is 19.4. The zero-order valence-electron chi connectivity index (χ0n) is 19.4. The molecule has 7 rings (SSSR count). The van der Waals surface area contributed by atoms with Crippen LogP contribution in [0, 0.1) is 11.3 Å². The Labute approximate surface area is 200 Å². The van der Waals surface area contributed by atoms with E-state index in [1.54, 1.807) is 10.7 Å². The Morgan fingerprint density at radius 2 is 1.91 bits per heavy atom. The van der Waals surface area contributed by atoms with E-state index in [0.29, 0.717) is 17.8 Å². The molecule has 0 saturated carbocycles. The molecule has 1 aromatic carbocycles. The van der Waals surface area contributed by atoms with E-state index in [1.807, 2.05) is 12.1 Å². The van der Waals surface area contributed by atoms with Gasteiger partial charge in [-0.1, -0.05) is 6.07 Å². The Hall–Kier alpha value is -3.12. The van der Waals surface area contributed by atoms with Crippen LogP contribution in [0.3, 0.4) is 0 Å². The molecular formula is C26H31N7O. The van der Waals surface area contributed by atoms with Gasteiger partial charge in [0, 0.05) is 59.0 Å². The summed E-state index contributed by atoms with van der Waals surface area (Å²) in [6.45, 7) is 9.05. The molecular weight excluding hydrogens is 426 g/mol. The number of nitriles is 1. The molecule has 0 amide bonds. The lowest BCUT2D eigenvalue weighted by Gasteiger charge is -2.43. The Bertz CT molecular complexity index is 1290. The van der Waals surface area contributed by atoms with E-state index in [4.69, 9.17) is 4.74 Å². The third-order valence-corrected chi connectivity index (χ3v) is 8.01. The summed E-state index contributed by atoms with van der Waals surface area (Å²) in [6, 6.07) is 16.1. The SMILES string of the molecule is C[C@@H]1CN(c2ccc(C#N)n3nccc23)C[C@@H]2c3ccc(N4CC5CNCC(C4)O5)cc3CN12.[HH]. The number of nitrogens with one attached hydrogen (secondary N) is 1. The van der Waals surface area contributed by atoms with Gasteiger partial charge in [-0.2, -0.15) is 10.4 Å². The smallest absolute Gasteiger partial charge is 0.142 e. The van der Waals surface area contributed by atoms with Crippen LogP contribution < -0.4 is 15.1 Å². The summed E-state index contributed by atoms with van der Waals surface area (Å²) >= 11 is 0. The number of nitrogens with zero attached hydrogens (tertiary/aromatic N) is 6. The van der Waals surface area contributed by atoms with Gasteiger partial charge >= 0.3 is 0 Å². The van der Waals surface area contributed by atoms with Gasteiger partial charge in [0.2, 0.25) is 0 Å². The first-order chi connectivity index (χ1) is 16.7. The third kappa shape index (κ3) is 3.12. The lowest BCUT2D eigenvalue weighted by Crippen LogP contribution is -2.58. The van der Waals surface area contributed by atoms with Crippen molar-refractivity contribution in [1.29, 1.82) is 5.26 Å². The van der Waals surface area contributed by atoms with Crippen LogP contribution in [-0.2, 0) is 11.3 Å². The molecule has 3 fully saturated rings. The average Bonchev–Trinajstić information content (AvgIpc) is 3.48. The van der Waals surface area contributed by atoms with Crippen molar-refractivity contribution in [3.05, 3.63) is 59.4 Å². The number of hydrogen-bond acceptors (Lipinski definition) is 7. The number of rotatable bonds is 2. The van der Waals surface area contributed by atoms with Gasteiger partial charge < -0.3 is 19.9 Å². The highest BCUT2D eigenvalue weighted by Crippen LogP contribution is 2.42. The first-order valence-corrected chi connectivity index (χ1v) is 12.3. The second-order valence-electron chi connectivity index (χ2n) is 10.1. The van der Waals surface area contributed by atoms with Crippen molar-refractivity contribution < 1.29 is 6.16 Å². The topological polar surface area (TPSA) is 72.1 Å². The highest BCUT2D eigenvalue weighted by Gasteiger charge is 2.40. The molecule has 4 aliphatic rings. The number of aromatic nitrogens is 2. The van der Waals surface area contributed by atoms with Gasteiger partial charge in [0.1, 0.15) is 11.8 Å². The minimum absolute atomic E-state index is 0. The number of fused-ring (bicyclic) bond motifs is 6. The van der Waals surface area contributed by atoms with Gasteiger partial charge in [-0.25, -0.2) is 4.52 Å². The molecule has 3 saturated heterocycles. The fraction of sp³-hybridized carbons (Fsp3) is 0.462. The van der Waals surface area contributed by atoms with Crippen LogP contribution in [-0.4, -0.2) is 72.0 Å². The summed E-state index contributed by atoms with van der Waals surface area (Å²) < 4.78 is 7.87. The standard InChI is InChI=1S/C26H29N7O.H2/c1-17-12-31(24-5-3-20(9-27)33-25(24)6-7-29-33)16-26-23-4-2-19(8-18(23)13-32(17)26)30-14-21-10-28-11-22(15-30)34-21;/h2-8,17,21-22,26,28H,10-16H2,1H3;1H/t17-,21?,22?,26-;/m1./s1. The van der Waals surface area contributed by atoms with E-state index < -0.39 is 0 Å². The molecule has 2 unspecified atom stereocenters. The van der Waals surface area contributed by atoms with E-state index in [9.17, 15) is 5.26 Å². The summed E-state index contributed by atoms with van der Waals surface area (Å²) in [5, 5.41) is 17.3. The van der Waals surface area contributed by atoms with Gasteiger partial charge in [0.15, 0.2) is 0 Å². The molecule has 0 spiro atoms. The summed E-state index contributed by atoms with van der Waals surface area (Å²) in [7, 11) is 0. The van der Waals surface area contributed by atoms with Crippen molar-refractivity contribution in [2.45, 2.75) is 37.8 Å². The molecule has 3 aromatic rings. The predicted octanol–water partition coefficient (Wildman–Crippen LogP) is 2.39. The normalized spacial score (nSPS) is 28.6. The highest BCUT2D eigenvalue weighted by atomic mass is 16.5. The van der Waals surface area contributed by atoms with E-state index >= 15 is 0 Å². The summed E-state index contributed by atoms with van der Waals surface area (Å²) in [5.41, 5.74) is 6.96. The van der Waals surface area contributed by atoms with Crippen LogP contribution in [0.1, 0.15) is 31.2 Å². The molecule has 8 heteroatoms. The molecule has 4 aliphatic heterocycles. The minimum Gasteiger partial charge on any atom is -0.369 e. The van der Waals surface area contributed by atoms with E-state index in [2.05, 4.69) is 62.4 Å². The van der Waals surface area contributed by atoms with Crippen LogP contribution in [0.15, 0.2) is 42.6 Å². The van der Waals surface area contributed by atoms with Gasteiger partial charge in [0.05, 0.1) is 35.7 Å². The van der Waals surface area contributed by atoms with Crippen molar-refractivity contribution in [3.63, 3.8) is 0 Å². The average molecular weight is 458 g/mol. The molecule has 0 aliphatic carbocycles. The molecule has 2 aromatic heterocycles. The molecule has 4 atom stereocenters. The fourth-order valence-corrected chi connectivity index (χ4v) is 6.43. The number of benzene rings is 1. The van der Waals surface area contributed by atoms with Gasteiger partial charge in [-0.05, 0) is 48.4 Å². The van der Waals surface area contributed by atoms with Crippen molar-refractivity contribution >= 4 is 16.9 Å². The minimum atomic E-state index is 0. The number of morpholine rings is 2. The molecule has 8 nitrogen and oxygen atoms in total. The van der Waals surface area contributed by atoms with Gasteiger partial charge in [-0.3, -0.25) is 4.90 Å². The second kappa shape index (κ2) is 7.70. The molecule has 0 radical (unpaired) electrons. The van der Waals surface area contributed by atoms with Gasteiger partial charge in [-0.15, -0.1) is 0 Å². The largest absolute Gasteiger partial charge is 0.369 e. The molecule has 34 heavy (non-hydrogen) atoms. The Morgan fingerprint density at radius 3 is 2.74 bits per heavy atom. The Kier molecular flexibility index (Phi) is 4.59. The fourth-order valence-electron chi connectivity index (χ4n) is 6.43. The van der Waals surface area contributed by atoms with Crippen molar-refractivity contribution in [1.82, 2.24) is 19.8 Å². The number of piperazine rings is 1. The first kappa shape index (κ1) is 20.3. The van der Waals surface area contributed by atoms with Crippen LogP contribution in [0.25, 0.3) is 5.52 Å². The zero-order chi connectivity index (χ0) is 22.8. The third-order valence-electron chi connectivity index (χ3n) is 8.01. The summed E-state index contributed by atoms with van der Waals surface area (Å²) in [5.74, 6) is 0. The molecule has 1 N–H and O–H groups in total. The lowest BCUT2D eigenvalue weighted by molar-refractivity contribution is -0.0483. The van der Waals surface area contributed by atoms with Crippen LogP contribution in [0.5, 0.6) is 0 Å². The molecule has 6 heterocycles. The quantitative estimate of drug-likeness (QED) is 0.634. The van der Waals surface area contributed by atoms with E-state index in [1.165, 1.54) is 16.8 Å². The number of hydrogen-bond donors (Lipinski definition) is 1. The van der Waals surface area contributed by atoms with E-state index in [-0.39, 0.29) is 13.6 Å². The summed E-state index contributed by atoms with van der Waals surface area (Å²) in [6.07, 6.45) is 2.35. The van der Waals surface area contributed by atoms with Gasteiger partial charge in [0.25, 0.3) is 0 Å². The van der Waals surface area contributed by atoms with Crippen molar-refractivity contribution in [2.75, 3.05) is 49.1 Å². The number of anilines is 2. The lowest BCUT2D eigenvalue weighted by atomic mass is 10.00. The number of pyridine rings is 1. The maximum absolute atomic E-state index is 9.45. The highest BCUT2D eigenvalue weighted by molar-refractivity contribution is 5.74. The van der Waals surface area contributed by atoms with Crippen LogP contribution in [0.4, 0.5) is 11.4 Å². The summed E-state index contributed by atoms with van der Waals surface area (Å²) in [4.78, 5) is 7.64. The number of ether oxygens (including phenoxy) is 1. The molecule has 176 valence electrons. The Morgan fingerprint density at radius 1 is 1.06 bits per heavy atom. The maximum Gasteiger partial charge on any atom is 0.142 e. The first-order valence-electron chi connectivity index (χ1n) is 12.3. The van der Waals surface area contributed by atoms with Crippen LogP contribution in [0.2, 0.25) is 0 Å². The Balaban J connectivity index is 0.00000229. The molecule has 2 bridgehead atoms. The van der Waals surface area contributed by atoms with Crippen molar-refractivity contribution in [2.24, 2.45) is 0 Å². The monoisotopic (exact) mass is 457 g/mol. The van der Waals surface area contributed by atoms with Crippen LogP contribution >= 0.6 is 0 Å².